The van der Waals surface area contributed by atoms with Gasteiger partial charge in [-0.05, 0) is 245 Å². The second-order valence-corrected chi connectivity index (χ2v) is 40.4. The Bertz CT molecular complexity index is 11400. The Labute approximate surface area is 977 Å². The topological polar surface area (TPSA) is 68.1 Å². The van der Waals surface area contributed by atoms with E-state index in [1.165, 1.54) is 93.1 Å². The van der Waals surface area contributed by atoms with Gasteiger partial charge in [-0.15, -0.1) is 0 Å². The first-order valence-corrected chi connectivity index (χ1v) is 48.8. The maximum absolute atomic E-state index is 9.77. The van der Waals surface area contributed by atoms with Crippen molar-refractivity contribution in [1.82, 2.24) is 0 Å². The van der Waals surface area contributed by atoms with Gasteiger partial charge in [0, 0.05) is 216 Å². The van der Waals surface area contributed by atoms with E-state index in [4.69, 9.17) is 88.9 Å². The SMILES string of the molecule is C.C.[2H]C([2H])([2H])CC1(CC([2H])([2H])[2H])c2ccccc2-c2c1ccc1c2oc2c(-c3cc(C([2H])(C)C)c(C([2H])([2H])[2H])c[n+]3C)c(C)ccc21.[2H]C([2H])([2H])c1c[n+](C)c(-c2c(C)ccc3c2oc2c4c(ccc23)-c2ccccc2C4(C([2H])([2H])[2H])C([2H])([2H])[2H])cc1C([2H])(C)C.[2H]C([2H])([2H])c1c[n+](C)c(-c2c(C)ccc3c2oc2c4c(ccc23)C(C([2H])(C([2H])([2H])[2H])C([2H])([2H])[2H])(C([2H])(C([2H])([2H])[2H])C([2H])([2H])[2H])c2ccccc2-4)cc1C([2H])(C)C.[2H]C([2H])([2H])c1c[n+](C)c(-c2c(C)ccc3c2oc2c4c(ccc23)C(C([2H])([2H])C([2H])(C([2H])([2H])[2H])C([2H])([2H])[2H])(C([2H])([2H])C([2H])(C([2H])([2H])[2H])C([2H])([2H])[2H])c2ccccc2-4)cc1C([2H])(C)C. The van der Waals surface area contributed by atoms with Gasteiger partial charge in [0.15, 0.2) is 24.8 Å². The van der Waals surface area contributed by atoms with Crippen molar-refractivity contribution < 1.29 is 118 Å². The molecule has 20 aromatic rings. The van der Waals surface area contributed by atoms with E-state index < -0.39 is 213 Å². The van der Waals surface area contributed by atoms with Gasteiger partial charge in [0.2, 0.25) is 22.8 Å². The van der Waals surface area contributed by atoms with Crippen LogP contribution < -0.4 is 18.3 Å². The van der Waals surface area contributed by atoms with Gasteiger partial charge in [-0.3, -0.25) is 0 Å². The molecule has 150 heavy (non-hydrogen) atoms. The molecule has 0 N–H and O–H groups in total. The monoisotopic (exact) mass is 2050 g/mol. The summed E-state index contributed by atoms with van der Waals surface area (Å²) in [6.45, 7) is -32.6. The zero-order valence-electron chi connectivity index (χ0n) is 145. The van der Waals surface area contributed by atoms with Gasteiger partial charge in [0.25, 0.3) is 0 Å². The van der Waals surface area contributed by atoms with Crippen LogP contribution in [0.2, 0.25) is 0 Å². The lowest BCUT2D eigenvalue weighted by Gasteiger charge is -2.40. The van der Waals surface area contributed by atoms with Crippen LogP contribution in [0.4, 0.5) is 0 Å². The maximum atomic E-state index is 9.77. The van der Waals surface area contributed by atoms with Crippen molar-refractivity contribution in [1.29, 1.82) is 0 Å². The van der Waals surface area contributed by atoms with Crippen LogP contribution in [0, 0.1) is 78.7 Å². The number of aryl methyl sites for hydroxylation is 12. The first-order chi connectivity index (χ1) is 94.2. The van der Waals surface area contributed by atoms with Crippen molar-refractivity contribution in [2.24, 2.45) is 51.8 Å². The van der Waals surface area contributed by atoms with E-state index >= 15 is 0 Å². The summed E-state index contributed by atoms with van der Waals surface area (Å²) in [7, 11) is 6.75. The molecule has 8 heteroatoms. The Balaban J connectivity index is 0.000000166. The molecule has 8 nitrogen and oxygen atoms in total. The molecule has 0 atom stereocenters. The van der Waals surface area contributed by atoms with E-state index in [9.17, 15) is 11.0 Å². The molecule has 0 radical (unpaired) electrons. The quantitative estimate of drug-likeness (QED) is 0.0904. The lowest BCUT2D eigenvalue weighted by Crippen LogP contribution is -2.37. The largest absolute Gasteiger partial charge is 0.455 e. The molecular weight excluding hydrogens is 1830 g/mol. The molecular formula is C142H160N4O4+4. The van der Waals surface area contributed by atoms with Crippen LogP contribution in [0.25, 0.3) is 177 Å². The highest BCUT2D eigenvalue weighted by Crippen LogP contribution is 2.63. The second-order valence-electron chi connectivity index (χ2n) is 40.4. The number of nitrogens with zero attached hydrogens (tertiary/aromatic N) is 4. The van der Waals surface area contributed by atoms with Crippen molar-refractivity contribution in [2.45, 2.75) is 278 Å². The molecule has 0 unspecified atom stereocenters. The van der Waals surface area contributed by atoms with Crippen LogP contribution in [0.5, 0.6) is 0 Å². The lowest BCUT2D eigenvalue weighted by atomic mass is 9.63. The number of pyridine rings is 4. The van der Waals surface area contributed by atoms with Crippen LogP contribution in [-0.2, 0) is 49.9 Å². The molecule has 24 rings (SSSR count). The molecule has 0 bridgehead atoms. The third-order valence-electron chi connectivity index (χ3n) is 30.6. The fourth-order valence-electron chi connectivity index (χ4n) is 23.5. The standard InChI is InChI=1S/C38H44NO.C36H40NO.C34H36NO.C32H32NO.2CH4/c1-22(2)19-38(20-23(3)4)31-13-11-10-12-29(31)35-32(38)17-16-28-27-15-14-25(7)34(36(27)40-37(28)35)33-18-30(24(5)6)26(8)21-39(33)9;1-20(2)28-18-31(37(9)19-24(28)8)32-23(7)14-15-25-26-16-17-30-33(35(26)38-34(25)32)27-12-10-11-13-29(27)36(30,21(3)4)22(5)6;1-8-34(9-2)27-13-11-10-12-25(27)31-28(34)17-16-24-23-15-14-21(5)30(32(23)36-33(24)31)29-18-26(20(3)4)22(6)19-35(29)7;1-18(2)25-16-27(33(7)17-20(25)4)28-19(3)12-13-23-24-15-14-22-21-10-8-9-11-26(21)32(5,6)29(22)31(24)34-30(23)28;;/h10-18,21-24H,19-20H2,1-9H3;10-22H,1-9H3;10-20H,8-9H2,1-7H3;8-18H,1-7H3;2*1H4/q4*+1;;/i1D3,2D3,3D3,4D3,8D3,19D2,20D2,22D,23D,24D;3D3,4D3,5D3,6D3,8D3,20D,21D,22D;1D3,2D3,6D3,20D;4D3,5D3,6D3,18D;;. The Hall–Kier alpha value is -13.6. The number of aromatic nitrogens is 4. The summed E-state index contributed by atoms with van der Waals surface area (Å²) >= 11 is 0. The van der Waals surface area contributed by atoms with Crippen LogP contribution in [0.1, 0.15) is 395 Å². The van der Waals surface area contributed by atoms with Gasteiger partial charge in [-0.2, -0.15) is 0 Å². The fourth-order valence-corrected chi connectivity index (χ4v) is 23.5. The average Bonchev–Trinajstić information content (AvgIpc) is 1.46. The smallest absolute Gasteiger partial charge is 0.216 e. The van der Waals surface area contributed by atoms with Crippen LogP contribution in [0.3, 0.4) is 0 Å². The summed E-state index contributed by atoms with van der Waals surface area (Å²) in [5, 5.41) is 4.39. The molecule has 4 aliphatic carbocycles. The number of rotatable bonds is 16. The molecule has 0 saturated heterocycles. The lowest BCUT2D eigenvalue weighted by molar-refractivity contribution is -0.660. The highest BCUT2D eigenvalue weighted by atomic mass is 16.3. The highest BCUT2D eigenvalue weighted by molar-refractivity contribution is 6.19. The van der Waals surface area contributed by atoms with Gasteiger partial charge in [-0.1, -0.05) is 341 Å². The average molecular weight is 2050 g/mol. The summed E-state index contributed by atoms with van der Waals surface area (Å²) in [6.07, 6.45) is -3.38. The Morgan fingerprint density at radius 1 is 0.287 bits per heavy atom. The third kappa shape index (κ3) is 16.0. The fraction of sp³-hybridized carbons (Fsp3) is 0.352. The minimum absolute atomic E-state index is 0. The maximum Gasteiger partial charge on any atom is 0.216 e. The number of fused-ring (bicyclic) bond motifs is 28. The van der Waals surface area contributed by atoms with Crippen molar-refractivity contribution in [3.8, 4) is 89.5 Å². The Morgan fingerprint density at radius 2 is 0.573 bits per heavy atom. The van der Waals surface area contributed by atoms with E-state index in [0.29, 0.717) is 133 Å². The van der Waals surface area contributed by atoms with Gasteiger partial charge in [0.05, 0.1) is 22.3 Å². The van der Waals surface area contributed by atoms with E-state index in [1.54, 1.807) is 187 Å². The number of furan rings is 4. The molecule has 8 aromatic heterocycles. The Kier molecular flexibility index (Phi) is 14.2. The molecule has 12 aromatic carbocycles. The van der Waals surface area contributed by atoms with Crippen molar-refractivity contribution >= 4 is 87.8 Å². The predicted octanol–water partition coefficient (Wildman–Crippen LogP) is 37.9. The number of hydrogen-bond acceptors (Lipinski definition) is 4. The zero-order chi connectivity index (χ0) is 156. The van der Waals surface area contributed by atoms with Crippen LogP contribution in [-0.4, -0.2) is 0 Å². The predicted molar refractivity (Wildman–Crippen MR) is 634 cm³/mol. The van der Waals surface area contributed by atoms with Gasteiger partial charge >= 0.3 is 0 Å². The van der Waals surface area contributed by atoms with Crippen LogP contribution in [0.15, 0.2) is 261 Å². The normalized spacial score (nSPS) is 22.0. The van der Waals surface area contributed by atoms with E-state index in [-0.39, 0.29) is 128 Å². The first-order valence-electron chi connectivity index (χ1n) is 78.8. The van der Waals surface area contributed by atoms with Gasteiger partial charge in [-0.25, -0.2) is 18.3 Å². The zero-order valence-corrected chi connectivity index (χ0v) is 84.9. The first kappa shape index (κ1) is 54.4. The summed E-state index contributed by atoms with van der Waals surface area (Å²) in [6, 6.07) is 58.3. The van der Waals surface area contributed by atoms with E-state index in [0.717, 1.165) is 45.2 Å². The molecule has 0 amide bonds. The molecule has 0 saturated carbocycles. The molecule has 0 spiro atoms. The van der Waals surface area contributed by atoms with Crippen LogP contribution >= 0.6 is 0 Å². The number of benzene rings is 12. The van der Waals surface area contributed by atoms with Crippen molar-refractivity contribution in [3.63, 3.8) is 0 Å². The Morgan fingerprint density at radius 3 is 0.913 bits per heavy atom. The summed E-state index contributed by atoms with van der Waals surface area (Å²) in [5.41, 5.74) is 1.36. The minimum Gasteiger partial charge on any atom is -0.455 e. The van der Waals surface area contributed by atoms with Crippen molar-refractivity contribution in [3.05, 3.63) is 354 Å². The van der Waals surface area contributed by atoms with Gasteiger partial charge in [0.1, 0.15) is 72.9 Å². The second kappa shape index (κ2) is 39.0. The highest BCUT2D eigenvalue weighted by Gasteiger charge is 2.51. The summed E-state index contributed by atoms with van der Waals surface area (Å²) in [4.78, 5) is 0. The molecule has 0 fully saturated rings. The van der Waals surface area contributed by atoms with Crippen molar-refractivity contribution in [2.75, 3.05) is 0 Å². The van der Waals surface area contributed by atoms with E-state index in [2.05, 4.69) is 0 Å². The summed E-state index contributed by atoms with van der Waals surface area (Å²) < 4.78 is 548. The molecule has 768 valence electrons. The minimum atomic E-state index is -4.33. The van der Waals surface area contributed by atoms with E-state index in [1.807, 2.05) is 80.6 Å². The molecule has 4 aliphatic rings. The molecule has 0 aliphatic heterocycles. The third-order valence-corrected chi connectivity index (χ3v) is 30.6. The summed E-state index contributed by atoms with van der Waals surface area (Å²) in [5.74, 6) is -21.7. The number of hydrogen-bond donors (Lipinski definition) is 0. The molecule has 8 heterocycles. The van der Waals surface area contributed by atoms with Gasteiger partial charge < -0.3 is 17.7 Å².